The highest BCUT2D eigenvalue weighted by atomic mass is 16.5. The summed E-state index contributed by atoms with van der Waals surface area (Å²) >= 11 is 0. The molecule has 0 aromatic rings. The number of hydrogen-bond acceptors (Lipinski definition) is 5. The second-order valence-electron chi connectivity index (χ2n) is 16.7. The minimum absolute atomic E-state index is 0.161. The largest absolute Gasteiger partial charge is 0.491 e. The van der Waals surface area contributed by atoms with Gasteiger partial charge in [0.2, 0.25) is 0 Å². The van der Waals surface area contributed by atoms with Crippen LogP contribution >= 0.6 is 0 Å². The summed E-state index contributed by atoms with van der Waals surface area (Å²) in [7, 11) is 0. The van der Waals surface area contributed by atoms with E-state index in [0.29, 0.717) is 0 Å². The molecule has 0 amide bonds. The van der Waals surface area contributed by atoms with Crippen molar-refractivity contribution >= 4 is 0 Å². The normalized spacial score (nSPS) is 18.9. The van der Waals surface area contributed by atoms with Crippen LogP contribution in [-0.4, -0.2) is 103 Å². The summed E-state index contributed by atoms with van der Waals surface area (Å²) in [5.41, 5.74) is 4.12. The topological polar surface area (TPSA) is 22.2 Å². The van der Waals surface area contributed by atoms with E-state index in [1.165, 1.54) is 16.7 Å². The van der Waals surface area contributed by atoms with Gasteiger partial charge < -0.3 is 9.64 Å². The van der Waals surface area contributed by atoms with Crippen molar-refractivity contribution in [2.45, 2.75) is 113 Å². The Morgan fingerprint density at radius 2 is 1.05 bits per heavy atom. The van der Waals surface area contributed by atoms with Crippen molar-refractivity contribution in [1.82, 2.24) is 19.6 Å². The van der Waals surface area contributed by atoms with Gasteiger partial charge in [0.1, 0.15) is 11.4 Å². The number of rotatable bonds is 13. The average Bonchev–Trinajstić information content (AvgIpc) is 2.79. The maximum Gasteiger partial charge on any atom is 0.107 e. The Labute approximate surface area is 269 Å². The third-order valence-electron chi connectivity index (χ3n) is 7.87. The zero-order valence-electron chi connectivity index (χ0n) is 30.7. The lowest BCUT2D eigenvalue weighted by Crippen LogP contribution is -2.49. The van der Waals surface area contributed by atoms with E-state index in [-0.39, 0.29) is 22.5 Å². The van der Waals surface area contributed by atoms with Gasteiger partial charge in [0.25, 0.3) is 0 Å². The summed E-state index contributed by atoms with van der Waals surface area (Å²) in [5, 5.41) is 0. The van der Waals surface area contributed by atoms with Crippen molar-refractivity contribution in [3.05, 3.63) is 48.8 Å². The van der Waals surface area contributed by atoms with Crippen molar-refractivity contribution in [2.24, 2.45) is 10.8 Å². The molecule has 0 aromatic carbocycles. The molecule has 1 aliphatic heterocycles. The van der Waals surface area contributed by atoms with Crippen molar-refractivity contribution in [3.63, 3.8) is 0 Å². The average molecular weight is 601 g/mol. The highest BCUT2D eigenvalue weighted by molar-refractivity contribution is 5.05. The van der Waals surface area contributed by atoms with Crippen LogP contribution in [0.3, 0.4) is 0 Å². The fraction of sp³-hybridized carbons (Fsp3) is 0.789. The van der Waals surface area contributed by atoms with E-state index in [2.05, 4.69) is 122 Å². The summed E-state index contributed by atoms with van der Waals surface area (Å²) < 4.78 is 6.42. The Morgan fingerprint density at radius 3 is 1.42 bits per heavy atom. The second-order valence-corrected chi connectivity index (χ2v) is 16.7. The standard InChI is InChI=1S/C38H72N4O/c1-16-39-19-20-40(29-32(4)27-36(7,8)9)21-22-41(30-33(5)28-37(10,11)12)24-26-42(25-23-39)35(18-17-31(2)3)34(6)43-38(13,14)15/h35H,2,4-6,16-30H2,1,3,7-15H3. The van der Waals surface area contributed by atoms with E-state index in [1.54, 1.807) is 0 Å². The van der Waals surface area contributed by atoms with Gasteiger partial charge in [0.15, 0.2) is 0 Å². The van der Waals surface area contributed by atoms with Crippen molar-refractivity contribution in [3.8, 4) is 0 Å². The number of hydrogen-bond donors (Lipinski definition) is 0. The van der Waals surface area contributed by atoms with Crippen LogP contribution in [0, 0.1) is 10.8 Å². The quantitative estimate of drug-likeness (QED) is 0.156. The van der Waals surface area contributed by atoms with E-state index in [9.17, 15) is 0 Å². The van der Waals surface area contributed by atoms with Gasteiger partial charge in [-0.3, -0.25) is 14.7 Å². The van der Waals surface area contributed by atoms with Gasteiger partial charge in [0.05, 0.1) is 6.04 Å². The SMILES string of the molecule is C=C(C)CCC(C(=C)OC(C)(C)C)N1CCN(CC)CCN(CC(=C)CC(C)(C)C)CCN(CC(=C)CC(C)(C)C)CC1. The first-order valence-electron chi connectivity index (χ1n) is 16.9. The van der Waals surface area contributed by atoms with Gasteiger partial charge in [-0.25, -0.2) is 0 Å². The molecule has 1 aliphatic rings. The summed E-state index contributed by atoms with van der Waals surface area (Å²) in [5.74, 6) is 0.885. The Kier molecular flexibility index (Phi) is 16.5. The first-order chi connectivity index (χ1) is 19.7. The molecule has 0 saturated carbocycles. The van der Waals surface area contributed by atoms with Gasteiger partial charge in [-0.1, -0.05) is 84.9 Å². The molecule has 1 fully saturated rings. The molecule has 250 valence electrons. The molecule has 0 N–H and O–H groups in total. The molecular formula is C38H72N4O. The van der Waals surface area contributed by atoms with Crippen molar-refractivity contribution < 1.29 is 4.74 Å². The first kappa shape index (κ1) is 39.6. The van der Waals surface area contributed by atoms with Crippen molar-refractivity contribution in [1.29, 1.82) is 0 Å². The Hall–Kier alpha value is -1.40. The van der Waals surface area contributed by atoms with E-state index < -0.39 is 0 Å². The molecule has 0 aromatic heterocycles. The molecule has 1 saturated heterocycles. The molecule has 5 heteroatoms. The van der Waals surface area contributed by atoms with Crippen LogP contribution in [0.2, 0.25) is 0 Å². The third-order valence-corrected chi connectivity index (χ3v) is 7.87. The molecule has 0 aliphatic carbocycles. The van der Waals surface area contributed by atoms with Gasteiger partial charge in [-0.2, -0.15) is 0 Å². The molecule has 0 bridgehead atoms. The van der Waals surface area contributed by atoms with Crippen LogP contribution in [0.1, 0.15) is 102 Å². The zero-order chi connectivity index (χ0) is 33.0. The lowest BCUT2D eigenvalue weighted by molar-refractivity contribution is 0.0151. The maximum atomic E-state index is 6.42. The lowest BCUT2D eigenvalue weighted by atomic mass is 9.88. The minimum atomic E-state index is -0.266. The predicted molar refractivity (Wildman–Crippen MR) is 191 cm³/mol. The van der Waals surface area contributed by atoms with Crippen LogP contribution in [0.5, 0.6) is 0 Å². The van der Waals surface area contributed by atoms with E-state index in [0.717, 1.165) is 103 Å². The highest BCUT2D eigenvalue weighted by Crippen LogP contribution is 2.26. The number of nitrogens with zero attached hydrogens (tertiary/aromatic N) is 4. The maximum absolute atomic E-state index is 6.42. The van der Waals surface area contributed by atoms with Crippen LogP contribution in [0.25, 0.3) is 0 Å². The third kappa shape index (κ3) is 18.9. The molecule has 43 heavy (non-hydrogen) atoms. The Bertz CT molecular complexity index is 885. The van der Waals surface area contributed by atoms with Crippen LogP contribution < -0.4 is 0 Å². The molecule has 1 heterocycles. The van der Waals surface area contributed by atoms with Crippen LogP contribution in [0.15, 0.2) is 48.8 Å². The molecule has 1 unspecified atom stereocenters. The Balaban J connectivity index is 3.29. The minimum Gasteiger partial charge on any atom is -0.491 e. The van der Waals surface area contributed by atoms with Crippen LogP contribution in [0.4, 0.5) is 0 Å². The smallest absolute Gasteiger partial charge is 0.107 e. The fourth-order valence-corrected chi connectivity index (χ4v) is 6.13. The molecule has 0 radical (unpaired) electrons. The molecule has 5 nitrogen and oxygen atoms in total. The van der Waals surface area contributed by atoms with Crippen LogP contribution in [-0.2, 0) is 4.74 Å². The zero-order valence-corrected chi connectivity index (χ0v) is 30.7. The van der Waals surface area contributed by atoms with Gasteiger partial charge in [-0.05, 0) is 70.8 Å². The van der Waals surface area contributed by atoms with Gasteiger partial charge in [0, 0.05) is 65.4 Å². The monoisotopic (exact) mass is 601 g/mol. The van der Waals surface area contributed by atoms with Gasteiger partial charge in [-0.15, -0.1) is 6.58 Å². The predicted octanol–water partition coefficient (Wildman–Crippen LogP) is 8.27. The number of ether oxygens (including phenoxy) is 1. The van der Waals surface area contributed by atoms with E-state index in [1.807, 2.05) is 0 Å². The summed E-state index contributed by atoms with van der Waals surface area (Å²) in [6.45, 7) is 53.6. The Morgan fingerprint density at radius 1 is 0.651 bits per heavy atom. The summed E-state index contributed by atoms with van der Waals surface area (Å²) in [6.07, 6.45) is 4.07. The fourth-order valence-electron chi connectivity index (χ4n) is 6.13. The number of allylic oxidation sites excluding steroid dienone is 1. The van der Waals surface area contributed by atoms with Crippen molar-refractivity contribution in [2.75, 3.05) is 72.0 Å². The molecular weight excluding hydrogens is 528 g/mol. The molecule has 1 rings (SSSR count). The van der Waals surface area contributed by atoms with E-state index in [4.69, 9.17) is 4.74 Å². The molecule has 1 atom stereocenters. The highest BCUT2D eigenvalue weighted by Gasteiger charge is 2.27. The van der Waals surface area contributed by atoms with E-state index >= 15 is 0 Å². The summed E-state index contributed by atoms with van der Waals surface area (Å²) in [4.78, 5) is 10.5. The number of likely N-dealkylation sites (N-methyl/N-ethyl adjacent to an activating group) is 1. The second kappa shape index (κ2) is 17.9. The van der Waals surface area contributed by atoms with Gasteiger partial charge >= 0.3 is 0 Å². The summed E-state index contributed by atoms with van der Waals surface area (Å²) in [6, 6.07) is 0.161. The lowest BCUT2D eigenvalue weighted by Gasteiger charge is -2.39. The molecule has 0 spiro atoms. The first-order valence-corrected chi connectivity index (χ1v) is 16.9.